The summed E-state index contributed by atoms with van der Waals surface area (Å²) in [7, 11) is 0. The van der Waals surface area contributed by atoms with Crippen LogP contribution in [0.25, 0.3) is 0 Å². The van der Waals surface area contributed by atoms with E-state index in [-0.39, 0.29) is 0 Å². The Bertz CT molecular complexity index is 327. The second-order valence-electron chi connectivity index (χ2n) is 5.38. The van der Waals surface area contributed by atoms with Crippen LogP contribution >= 0.6 is 0 Å². The summed E-state index contributed by atoms with van der Waals surface area (Å²) in [6.45, 7) is 2.52. The zero-order valence-electron chi connectivity index (χ0n) is 9.94. The first-order chi connectivity index (χ1) is 7.93. The average molecular weight is 215 g/mol. The Morgan fingerprint density at radius 2 is 1.75 bits per heavy atom. The largest absolute Gasteiger partial charge is 0.293 e. The minimum atomic E-state index is 0.917. The molecule has 1 saturated carbocycles. The number of nitrogens with zero attached hydrogens (tertiary/aromatic N) is 1. The first-order valence-electron chi connectivity index (χ1n) is 6.71. The number of hydrogen-bond donors (Lipinski definition) is 0. The van der Waals surface area contributed by atoms with Crippen LogP contribution in [-0.2, 0) is 6.54 Å². The quantitative estimate of drug-likeness (QED) is 0.698. The van der Waals surface area contributed by atoms with Crippen molar-refractivity contribution in [2.75, 3.05) is 6.54 Å². The van der Waals surface area contributed by atoms with Crippen molar-refractivity contribution >= 4 is 0 Å². The van der Waals surface area contributed by atoms with E-state index in [2.05, 4.69) is 35.2 Å². The van der Waals surface area contributed by atoms with Crippen molar-refractivity contribution in [2.24, 2.45) is 5.92 Å². The van der Waals surface area contributed by atoms with Crippen LogP contribution in [0.5, 0.6) is 0 Å². The fraction of sp³-hybridized carbons (Fsp3) is 0.600. The van der Waals surface area contributed by atoms with Crippen molar-refractivity contribution in [1.82, 2.24) is 4.90 Å². The molecular formula is C15H21N. The second-order valence-corrected chi connectivity index (χ2v) is 5.38. The van der Waals surface area contributed by atoms with Crippen molar-refractivity contribution in [3.8, 4) is 0 Å². The maximum Gasteiger partial charge on any atom is 0.0255 e. The molecule has 16 heavy (non-hydrogen) atoms. The Kier molecular flexibility index (Phi) is 2.96. The van der Waals surface area contributed by atoms with Gasteiger partial charge in [-0.2, -0.15) is 0 Å². The van der Waals surface area contributed by atoms with Gasteiger partial charge in [-0.3, -0.25) is 4.90 Å². The third-order valence-electron chi connectivity index (χ3n) is 4.18. The van der Waals surface area contributed by atoms with E-state index >= 15 is 0 Å². The number of benzene rings is 1. The van der Waals surface area contributed by atoms with E-state index in [9.17, 15) is 0 Å². The van der Waals surface area contributed by atoms with Crippen LogP contribution in [0.3, 0.4) is 0 Å². The summed E-state index contributed by atoms with van der Waals surface area (Å²) in [6.07, 6.45) is 7.38. The molecule has 1 heteroatoms. The van der Waals surface area contributed by atoms with Gasteiger partial charge >= 0.3 is 0 Å². The smallest absolute Gasteiger partial charge is 0.0255 e. The molecule has 0 amide bonds. The molecule has 3 rings (SSSR count). The summed E-state index contributed by atoms with van der Waals surface area (Å²) in [5.74, 6) is 1.01. The molecule has 0 aromatic heterocycles. The van der Waals surface area contributed by atoms with Crippen LogP contribution in [0.15, 0.2) is 30.3 Å². The summed E-state index contributed by atoms with van der Waals surface area (Å²) >= 11 is 0. The molecule has 0 radical (unpaired) electrons. The molecule has 2 fully saturated rings. The van der Waals surface area contributed by atoms with Crippen LogP contribution in [0.2, 0.25) is 0 Å². The van der Waals surface area contributed by atoms with Gasteiger partial charge in [-0.1, -0.05) is 49.6 Å². The Balaban J connectivity index is 1.52. The summed E-state index contributed by atoms with van der Waals surface area (Å²) < 4.78 is 0. The minimum Gasteiger partial charge on any atom is -0.293 e. The van der Waals surface area contributed by atoms with Gasteiger partial charge in [0.15, 0.2) is 0 Å². The van der Waals surface area contributed by atoms with Crippen LogP contribution in [0, 0.1) is 5.92 Å². The maximum absolute atomic E-state index is 2.64. The predicted octanol–water partition coefficient (Wildman–Crippen LogP) is 3.45. The Hall–Kier alpha value is -0.820. The van der Waals surface area contributed by atoms with Crippen molar-refractivity contribution < 1.29 is 0 Å². The molecule has 2 aliphatic rings. The lowest BCUT2D eigenvalue weighted by molar-refractivity contribution is 0.309. The highest BCUT2D eigenvalue weighted by molar-refractivity contribution is 5.16. The van der Waals surface area contributed by atoms with E-state index in [1.165, 1.54) is 50.8 Å². The van der Waals surface area contributed by atoms with Gasteiger partial charge in [0.2, 0.25) is 0 Å². The highest BCUT2D eigenvalue weighted by Crippen LogP contribution is 2.36. The Morgan fingerprint density at radius 1 is 1.00 bits per heavy atom. The SMILES string of the molecule is c1ccc(CN2CC2C2CCCCC2)cc1. The van der Waals surface area contributed by atoms with E-state index in [1.54, 1.807) is 0 Å². The normalized spacial score (nSPS) is 30.2. The van der Waals surface area contributed by atoms with Gasteiger partial charge in [0.25, 0.3) is 0 Å². The zero-order valence-corrected chi connectivity index (χ0v) is 9.94. The van der Waals surface area contributed by atoms with Gasteiger partial charge in [-0.15, -0.1) is 0 Å². The Morgan fingerprint density at radius 3 is 2.50 bits per heavy atom. The molecule has 0 spiro atoms. The standard InChI is InChI=1S/C15H21N/c1-3-7-13(8-4-1)11-16-12-15(16)14-9-5-2-6-10-14/h1,3-4,7-8,14-15H,2,5-6,9-12H2. The highest BCUT2D eigenvalue weighted by atomic mass is 15.3. The maximum atomic E-state index is 2.64. The molecule has 1 aliphatic carbocycles. The molecule has 1 heterocycles. The summed E-state index contributed by atoms with van der Waals surface area (Å²) in [6, 6.07) is 11.8. The van der Waals surface area contributed by atoms with Crippen LogP contribution in [0.1, 0.15) is 37.7 Å². The van der Waals surface area contributed by atoms with Crippen molar-refractivity contribution in [3.63, 3.8) is 0 Å². The van der Waals surface area contributed by atoms with E-state index in [1.807, 2.05) is 0 Å². The lowest BCUT2D eigenvalue weighted by atomic mass is 9.87. The second kappa shape index (κ2) is 4.58. The Labute approximate surface area is 98.5 Å². The van der Waals surface area contributed by atoms with Gasteiger partial charge in [0.05, 0.1) is 0 Å². The molecule has 1 nitrogen and oxygen atoms in total. The summed E-state index contributed by atoms with van der Waals surface area (Å²) in [5.41, 5.74) is 1.47. The molecule has 86 valence electrons. The summed E-state index contributed by atoms with van der Waals surface area (Å²) in [4.78, 5) is 2.64. The average Bonchev–Trinajstić information content (AvgIpc) is 3.11. The van der Waals surface area contributed by atoms with Gasteiger partial charge in [-0.05, 0) is 24.3 Å². The fourth-order valence-corrected chi connectivity index (χ4v) is 3.16. The molecule has 0 bridgehead atoms. The van der Waals surface area contributed by atoms with Gasteiger partial charge in [-0.25, -0.2) is 0 Å². The molecule has 1 saturated heterocycles. The van der Waals surface area contributed by atoms with Crippen molar-refractivity contribution in [1.29, 1.82) is 0 Å². The molecular weight excluding hydrogens is 194 g/mol. The third-order valence-corrected chi connectivity index (χ3v) is 4.18. The molecule has 1 aromatic rings. The lowest BCUT2D eigenvalue weighted by Gasteiger charge is -2.21. The number of hydrogen-bond acceptors (Lipinski definition) is 1. The van der Waals surface area contributed by atoms with Crippen molar-refractivity contribution in [3.05, 3.63) is 35.9 Å². The van der Waals surface area contributed by atoms with Crippen LogP contribution < -0.4 is 0 Å². The van der Waals surface area contributed by atoms with E-state index in [4.69, 9.17) is 0 Å². The van der Waals surface area contributed by atoms with E-state index in [0.717, 1.165) is 12.0 Å². The van der Waals surface area contributed by atoms with Crippen molar-refractivity contribution in [2.45, 2.75) is 44.7 Å². The number of rotatable bonds is 3. The van der Waals surface area contributed by atoms with E-state index in [0.29, 0.717) is 0 Å². The highest BCUT2D eigenvalue weighted by Gasteiger charge is 2.40. The van der Waals surface area contributed by atoms with Crippen LogP contribution in [0.4, 0.5) is 0 Å². The minimum absolute atomic E-state index is 0.917. The first-order valence-corrected chi connectivity index (χ1v) is 6.71. The zero-order chi connectivity index (χ0) is 10.8. The molecule has 0 N–H and O–H groups in total. The molecule has 2 atom stereocenters. The molecule has 1 aromatic carbocycles. The topological polar surface area (TPSA) is 3.01 Å². The monoisotopic (exact) mass is 215 g/mol. The van der Waals surface area contributed by atoms with Crippen LogP contribution in [-0.4, -0.2) is 17.5 Å². The first kappa shape index (κ1) is 10.3. The summed E-state index contributed by atoms with van der Waals surface area (Å²) in [5, 5.41) is 0. The molecule has 1 aliphatic heterocycles. The van der Waals surface area contributed by atoms with Gasteiger partial charge in [0, 0.05) is 19.1 Å². The lowest BCUT2D eigenvalue weighted by Crippen LogP contribution is -2.16. The van der Waals surface area contributed by atoms with Gasteiger partial charge in [0.1, 0.15) is 0 Å². The fourth-order valence-electron chi connectivity index (χ4n) is 3.16. The van der Waals surface area contributed by atoms with Gasteiger partial charge < -0.3 is 0 Å². The predicted molar refractivity (Wildman–Crippen MR) is 67.2 cm³/mol. The third kappa shape index (κ3) is 2.30. The molecule has 2 unspecified atom stereocenters. The van der Waals surface area contributed by atoms with E-state index < -0.39 is 0 Å².